The number of nitrogens with zero attached hydrogens (tertiary/aromatic N) is 1. The van der Waals surface area contributed by atoms with Crippen LogP contribution in [0.2, 0.25) is 0 Å². The third kappa shape index (κ3) is 3.19. The Hall–Kier alpha value is -0.850. The Morgan fingerprint density at radius 1 is 1.42 bits per heavy atom. The van der Waals surface area contributed by atoms with Crippen molar-refractivity contribution in [2.24, 2.45) is 11.7 Å². The number of aromatic amines is 1. The van der Waals surface area contributed by atoms with Crippen molar-refractivity contribution in [1.29, 1.82) is 0 Å². The zero-order valence-electron chi connectivity index (χ0n) is 11.4. The van der Waals surface area contributed by atoms with Crippen molar-refractivity contribution in [3.63, 3.8) is 0 Å². The highest BCUT2D eigenvalue weighted by Gasteiger charge is 2.27. The van der Waals surface area contributed by atoms with E-state index in [9.17, 15) is 8.42 Å². The topological polar surface area (TPSA) is 79.2 Å². The first-order valence-corrected chi connectivity index (χ1v) is 8.39. The van der Waals surface area contributed by atoms with Crippen LogP contribution in [0.4, 0.5) is 0 Å². The van der Waals surface area contributed by atoms with Crippen LogP contribution in [-0.4, -0.2) is 30.8 Å². The van der Waals surface area contributed by atoms with Crippen LogP contribution in [0.3, 0.4) is 0 Å². The smallest absolute Gasteiger partial charge is 0.244 e. The Bertz CT molecular complexity index is 510. The third-order valence-corrected chi connectivity index (χ3v) is 5.83. The molecule has 0 bridgehead atoms. The van der Waals surface area contributed by atoms with Gasteiger partial charge in [0, 0.05) is 31.5 Å². The summed E-state index contributed by atoms with van der Waals surface area (Å²) in [5, 5.41) is 0. The second kappa shape index (κ2) is 6.07. The average Bonchev–Trinajstić information content (AvgIpc) is 2.76. The number of sulfonamides is 1. The molecule has 1 unspecified atom stereocenters. The molecule has 3 N–H and O–H groups in total. The number of nitrogens with one attached hydrogen (secondary N) is 1. The summed E-state index contributed by atoms with van der Waals surface area (Å²) in [6.07, 6.45) is 5.72. The van der Waals surface area contributed by atoms with Crippen molar-refractivity contribution in [2.45, 2.75) is 44.0 Å². The second-order valence-electron chi connectivity index (χ2n) is 5.17. The average molecular weight is 285 g/mol. The standard InChI is InChI=1S/C13H23N3O2S/c1-2-11-4-3-6-16(7-5-11)19(17,18)13-8-12(9-14)15-10-13/h8,10-11,15H,2-7,9,14H2,1H3. The molecule has 0 saturated carbocycles. The fourth-order valence-corrected chi connectivity index (χ4v) is 4.13. The van der Waals surface area contributed by atoms with E-state index < -0.39 is 10.0 Å². The Labute approximate surface area is 115 Å². The quantitative estimate of drug-likeness (QED) is 0.883. The normalized spacial score (nSPS) is 22.3. The van der Waals surface area contributed by atoms with Gasteiger partial charge in [-0.1, -0.05) is 13.3 Å². The minimum Gasteiger partial charge on any atom is -0.363 e. The molecule has 1 fully saturated rings. The van der Waals surface area contributed by atoms with Crippen molar-refractivity contribution in [1.82, 2.24) is 9.29 Å². The van der Waals surface area contributed by atoms with Crippen molar-refractivity contribution >= 4 is 10.0 Å². The molecule has 1 aromatic rings. The van der Waals surface area contributed by atoms with E-state index in [2.05, 4.69) is 11.9 Å². The van der Waals surface area contributed by atoms with E-state index in [0.29, 0.717) is 30.4 Å². The fourth-order valence-electron chi connectivity index (χ4n) is 2.62. The molecular weight excluding hydrogens is 262 g/mol. The predicted octanol–water partition coefficient (Wildman–Crippen LogP) is 1.67. The third-order valence-electron chi connectivity index (χ3n) is 3.96. The summed E-state index contributed by atoms with van der Waals surface area (Å²) in [4.78, 5) is 3.24. The van der Waals surface area contributed by atoms with Crippen molar-refractivity contribution in [2.75, 3.05) is 13.1 Å². The molecule has 6 heteroatoms. The molecular formula is C13H23N3O2S. The van der Waals surface area contributed by atoms with Crippen LogP contribution >= 0.6 is 0 Å². The zero-order valence-corrected chi connectivity index (χ0v) is 12.2. The summed E-state index contributed by atoms with van der Waals surface area (Å²) in [6, 6.07) is 1.64. The summed E-state index contributed by atoms with van der Waals surface area (Å²) in [6.45, 7) is 3.76. The highest BCUT2D eigenvalue weighted by atomic mass is 32.2. The largest absolute Gasteiger partial charge is 0.363 e. The first-order chi connectivity index (χ1) is 9.07. The van der Waals surface area contributed by atoms with Crippen LogP contribution in [0, 0.1) is 5.92 Å². The molecule has 19 heavy (non-hydrogen) atoms. The lowest BCUT2D eigenvalue weighted by Crippen LogP contribution is -2.31. The number of H-pyrrole nitrogens is 1. The van der Waals surface area contributed by atoms with Crippen LogP contribution in [0.25, 0.3) is 0 Å². The molecule has 1 aromatic heterocycles. The molecule has 108 valence electrons. The maximum absolute atomic E-state index is 12.5. The highest BCUT2D eigenvalue weighted by molar-refractivity contribution is 7.89. The molecule has 1 saturated heterocycles. The minimum absolute atomic E-state index is 0.327. The lowest BCUT2D eigenvalue weighted by atomic mass is 9.98. The molecule has 1 aliphatic rings. The highest BCUT2D eigenvalue weighted by Crippen LogP contribution is 2.25. The van der Waals surface area contributed by atoms with Crippen molar-refractivity contribution in [3.05, 3.63) is 18.0 Å². The minimum atomic E-state index is -3.36. The van der Waals surface area contributed by atoms with Crippen LogP contribution in [-0.2, 0) is 16.6 Å². The van der Waals surface area contributed by atoms with Gasteiger partial charge in [-0.2, -0.15) is 4.31 Å². The number of nitrogens with two attached hydrogens (primary N) is 1. The summed E-state index contributed by atoms with van der Waals surface area (Å²) < 4.78 is 26.7. The number of aromatic nitrogens is 1. The molecule has 0 aromatic carbocycles. The molecule has 1 aliphatic heterocycles. The number of hydrogen-bond acceptors (Lipinski definition) is 3. The van der Waals surface area contributed by atoms with E-state index in [4.69, 9.17) is 5.73 Å². The Morgan fingerprint density at radius 3 is 2.84 bits per heavy atom. The van der Waals surface area contributed by atoms with Gasteiger partial charge < -0.3 is 10.7 Å². The Kier molecular flexibility index (Phi) is 4.65. The van der Waals surface area contributed by atoms with E-state index in [1.54, 1.807) is 16.6 Å². The van der Waals surface area contributed by atoms with Gasteiger partial charge in [-0.15, -0.1) is 0 Å². The Balaban J connectivity index is 2.15. The van der Waals surface area contributed by atoms with Gasteiger partial charge in [0.05, 0.1) is 4.90 Å². The van der Waals surface area contributed by atoms with Gasteiger partial charge in [-0.05, 0) is 31.2 Å². The van der Waals surface area contributed by atoms with Crippen LogP contribution < -0.4 is 5.73 Å². The van der Waals surface area contributed by atoms with Gasteiger partial charge in [0.2, 0.25) is 10.0 Å². The first-order valence-electron chi connectivity index (χ1n) is 6.95. The van der Waals surface area contributed by atoms with E-state index in [0.717, 1.165) is 31.4 Å². The summed E-state index contributed by atoms with van der Waals surface area (Å²) in [5.41, 5.74) is 6.26. The maximum atomic E-state index is 12.5. The predicted molar refractivity (Wildman–Crippen MR) is 75.1 cm³/mol. The summed E-state index contributed by atoms with van der Waals surface area (Å²) >= 11 is 0. The molecule has 0 amide bonds. The zero-order chi connectivity index (χ0) is 13.9. The SMILES string of the molecule is CCC1CCCN(S(=O)(=O)c2c[nH]c(CN)c2)CC1. The van der Waals surface area contributed by atoms with Gasteiger partial charge in [0.15, 0.2) is 0 Å². The lowest BCUT2D eigenvalue weighted by molar-refractivity contribution is 0.407. The lowest BCUT2D eigenvalue weighted by Gasteiger charge is -2.19. The molecule has 2 heterocycles. The first kappa shape index (κ1) is 14.6. The van der Waals surface area contributed by atoms with Crippen LogP contribution in [0.5, 0.6) is 0 Å². The summed E-state index contributed by atoms with van der Waals surface area (Å²) in [7, 11) is -3.36. The number of rotatable bonds is 4. The maximum Gasteiger partial charge on any atom is 0.244 e. The van der Waals surface area contributed by atoms with E-state index in [-0.39, 0.29) is 0 Å². The van der Waals surface area contributed by atoms with Gasteiger partial charge in [-0.25, -0.2) is 8.42 Å². The van der Waals surface area contributed by atoms with Crippen LogP contribution in [0.15, 0.2) is 17.2 Å². The van der Waals surface area contributed by atoms with Gasteiger partial charge in [-0.3, -0.25) is 0 Å². The molecule has 0 spiro atoms. The fraction of sp³-hybridized carbons (Fsp3) is 0.692. The molecule has 0 aliphatic carbocycles. The molecule has 0 radical (unpaired) electrons. The van der Waals surface area contributed by atoms with E-state index in [1.165, 1.54) is 0 Å². The van der Waals surface area contributed by atoms with E-state index in [1.807, 2.05) is 0 Å². The number of hydrogen-bond donors (Lipinski definition) is 2. The van der Waals surface area contributed by atoms with E-state index >= 15 is 0 Å². The Morgan fingerprint density at radius 2 is 2.21 bits per heavy atom. The molecule has 2 rings (SSSR count). The molecule has 1 atom stereocenters. The summed E-state index contributed by atoms with van der Waals surface area (Å²) in [5.74, 6) is 0.658. The van der Waals surface area contributed by atoms with Gasteiger partial charge in [0.1, 0.15) is 0 Å². The van der Waals surface area contributed by atoms with Crippen molar-refractivity contribution < 1.29 is 8.42 Å². The molecule has 5 nitrogen and oxygen atoms in total. The van der Waals surface area contributed by atoms with Crippen LogP contribution in [0.1, 0.15) is 38.3 Å². The second-order valence-corrected chi connectivity index (χ2v) is 7.11. The van der Waals surface area contributed by atoms with Crippen molar-refractivity contribution in [3.8, 4) is 0 Å². The monoisotopic (exact) mass is 285 g/mol. The van der Waals surface area contributed by atoms with Gasteiger partial charge in [0.25, 0.3) is 0 Å². The van der Waals surface area contributed by atoms with Gasteiger partial charge >= 0.3 is 0 Å².